The van der Waals surface area contributed by atoms with Crippen molar-refractivity contribution in [3.63, 3.8) is 0 Å². The first-order chi connectivity index (χ1) is 7.83. The number of furan rings is 1. The molecule has 16 heavy (non-hydrogen) atoms. The van der Waals surface area contributed by atoms with E-state index in [0.717, 1.165) is 24.9 Å². The van der Waals surface area contributed by atoms with Gasteiger partial charge in [0, 0.05) is 18.2 Å². The predicted octanol–water partition coefficient (Wildman–Crippen LogP) is 2.37. The van der Waals surface area contributed by atoms with Gasteiger partial charge in [-0.1, -0.05) is 6.92 Å². The molecule has 0 aliphatic carbocycles. The third kappa shape index (κ3) is 2.66. The zero-order valence-electron chi connectivity index (χ0n) is 10.3. The summed E-state index contributed by atoms with van der Waals surface area (Å²) >= 11 is 0. The molecule has 2 rings (SSSR count). The first-order valence-electron chi connectivity index (χ1n) is 6.28. The molecule has 1 atom stereocenters. The normalized spacial score (nSPS) is 21.8. The van der Waals surface area contributed by atoms with Gasteiger partial charge >= 0.3 is 0 Å². The zero-order chi connectivity index (χ0) is 11.4. The number of likely N-dealkylation sites (tertiary alicyclic amines) is 1. The van der Waals surface area contributed by atoms with E-state index in [9.17, 15) is 0 Å². The van der Waals surface area contributed by atoms with Gasteiger partial charge in [0.1, 0.15) is 5.76 Å². The molecule has 1 N–H and O–H groups in total. The fraction of sp³-hybridized carbons (Fsp3) is 0.692. The van der Waals surface area contributed by atoms with Gasteiger partial charge in [-0.3, -0.25) is 4.90 Å². The van der Waals surface area contributed by atoms with Crippen LogP contribution < -0.4 is 5.32 Å². The van der Waals surface area contributed by atoms with Gasteiger partial charge in [0.25, 0.3) is 0 Å². The number of nitrogens with one attached hydrogen (secondary N) is 1. The van der Waals surface area contributed by atoms with Gasteiger partial charge in [0.05, 0.1) is 12.8 Å². The van der Waals surface area contributed by atoms with Gasteiger partial charge in [-0.25, -0.2) is 0 Å². The molecule has 1 fully saturated rings. The van der Waals surface area contributed by atoms with Crippen molar-refractivity contribution in [1.82, 2.24) is 10.2 Å². The predicted molar refractivity (Wildman–Crippen MR) is 65.2 cm³/mol. The minimum Gasteiger partial charge on any atom is -0.468 e. The van der Waals surface area contributed by atoms with Crippen LogP contribution in [0.2, 0.25) is 0 Å². The van der Waals surface area contributed by atoms with Gasteiger partial charge in [-0.2, -0.15) is 0 Å². The van der Waals surface area contributed by atoms with E-state index < -0.39 is 0 Å². The van der Waals surface area contributed by atoms with Crippen molar-refractivity contribution in [3.8, 4) is 0 Å². The van der Waals surface area contributed by atoms with Crippen molar-refractivity contribution in [2.45, 2.75) is 45.3 Å². The summed E-state index contributed by atoms with van der Waals surface area (Å²) in [4.78, 5) is 2.54. The molecule has 0 saturated carbocycles. The second kappa shape index (κ2) is 5.51. The summed E-state index contributed by atoms with van der Waals surface area (Å²) in [5.41, 5.74) is 1.24. The zero-order valence-corrected chi connectivity index (χ0v) is 10.3. The van der Waals surface area contributed by atoms with Crippen LogP contribution in [-0.2, 0) is 13.1 Å². The van der Waals surface area contributed by atoms with Crippen LogP contribution in [-0.4, -0.2) is 24.5 Å². The molecule has 90 valence electrons. The summed E-state index contributed by atoms with van der Waals surface area (Å²) in [5, 5.41) is 3.14. The smallest absolute Gasteiger partial charge is 0.118 e. The van der Waals surface area contributed by atoms with Crippen molar-refractivity contribution >= 4 is 0 Å². The fourth-order valence-electron chi connectivity index (χ4n) is 2.57. The van der Waals surface area contributed by atoms with Crippen molar-refractivity contribution < 1.29 is 4.42 Å². The number of rotatable bonds is 5. The largest absolute Gasteiger partial charge is 0.468 e. The maximum atomic E-state index is 5.59. The van der Waals surface area contributed by atoms with Crippen molar-refractivity contribution in [2.75, 3.05) is 13.6 Å². The van der Waals surface area contributed by atoms with E-state index in [0.29, 0.717) is 0 Å². The maximum Gasteiger partial charge on any atom is 0.118 e. The van der Waals surface area contributed by atoms with Crippen LogP contribution in [0.4, 0.5) is 0 Å². The molecule has 0 bridgehead atoms. The maximum absolute atomic E-state index is 5.59. The Hall–Kier alpha value is -0.800. The third-order valence-electron chi connectivity index (χ3n) is 3.42. The molecule has 2 heterocycles. The van der Waals surface area contributed by atoms with Crippen molar-refractivity contribution in [1.29, 1.82) is 0 Å². The molecule has 1 aromatic rings. The standard InChI is InChI=1S/C13H22N2O/c1-3-12-5-4-6-15(12)9-13-7-11(8-14-2)10-16-13/h7,10,12,14H,3-6,8-9H2,1-2H3. The highest BCUT2D eigenvalue weighted by molar-refractivity contribution is 5.12. The van der Waals surface area contributed by atoms with Crippen molar-refractivity contribution in [3.05, 3.63) is 23.7 Å². The Labute approximate surface area is 97.8 Å². The minimum absolute atomic E-state index is 0.762. The first kappa shape index (κ1) is 11.7. The van der Waals surface area contributed by atoms with Crippen LogP contribution in [0.5, 0.6) is 0 Å². The number of nitrogens with zero attached hydrogens (tertiary/aromatic N) is 1. The van der Waals surface area contributed by atoms with Crippen molar-refractivity contribution in [2.24, 2.45) is 0 Å². The van der Waals surface area contributed by atoms with Crippen LogP contribution in [0.25, 0.3) is 0 Å². The summed E-state index contributed by atoms with van der Waals surface area (Å²) in [6.45, 7) is 5.36. The molecule has 0 amide bonds. The number of hydrogen-bond acceptors (Lipinski definition) is 3. The van der Waals surface area contributed by atoms with Gasteiger partial charge < -0.3 is 9.73 Å². The Morgan fingerprint density at radius 3 is 3.19 bits per heavy atom. The molecule has 3 nitrogen and oxygen atoms in total. The summed E-state index contributed by atoms with van der Waals surface area (Å²) < 4.78 is 5.59. The molecular weight excluding hydrogens is 200 g/mol. The summed E-state index contributed by atoms with van der Waals surface area (Å²) in [5.74, 6) is 1.10. The average molecular weight is 222 g/mol. The molecule has 0 radical (unpaired) electrons. The average Bonchev–Trinajstić information content (AvgIpc) is 2.89. The summed E-state index contributed by atoms with van der Waals surface area (Å²) in [6.07, 6.45) is 5.80. The van der Waals surface area contributed by atoms with Crippen LogP contribution in [0.1, 0.15) is 37.5 Å². The molecule has 1 aliphatic rings. The molecule has 1 unspecified atom stereocenters. The van der Waals surface area contributed by atoms with Crippen LogP contribution >= 0.6 is 0 Å². The highest BCUT2D eigenvalue weighted by Crippen LogP contribution is 2.22. The lowest BCUT2D eigenvalue weighted by atomic mass is 10.2. The van der Waals surface area contributed by atoms with Crippen LogP contribution in [0.15, 0.2) is 16.7 Å². The fourth-order valence-corrected chi connectivity index (χ4v) is 2.57. The first-order valence-corrected chi connectivity index (χ1v) is 6.28. The van der Waals surface area contributed by atoms with E-state index >= 15 is 0 Å². The molecule has 3 heteroatoms. The van der Waals surface area contributed by atoms with Gasteiger partial charge in [0.15, 0.2) is 0 Å². The topological polar surface area (TPSA) is 28.4 Å². The lowest BCUT2D eigenvalue weighted by Crippen LogP contribution is -2.27. The molecular formula is C13H22N2O. The van der Waals surface area contributed by atoms with E-state index in [1.54, 1.807) is 0 Å². The monoisotopic (exact) mass is 222 g/mol. The van der Waals surface area contributed by atoms with Crippen LogP contribution in [0.3, 0.4) is 0 Å². The number of hydrogen-bond donors (Lipinski definition) is 1. The lowest BCUT2D eigenvalue weighted by molar-refractivity contribution is 0.221. The minimum atomic E-state index is 0.762. The Kier molecular flexibility index (Phi) is 4.02. The SMILES string of the molecule is CCC1CCCN1Cc1cc(CNC)co1. The molecule has 1 aliphatic heterocycles. The second-order valence-corrected chi connectivity index (χ2v) is 4.63. The second-order valence-electron chi connectivity index (χ2n) is 4.63. The van der Waals surface area contributed by atoms with Gasteiger partial charge in [-0.15, -0.1) is 0 Å². The van der Waals surface area contributed by atoms with Gasteiger partial charge in [-0.05, 0) is 38.9 Å². The van der Waals surface area contributed by atoms with E-state index in [1.807, 2.05) is 13.3 Å². The summed E-state index contributed by atoms with van der Waals surface area (Å²) in [6, 6.07) is 2.93. The highest BCUT2D eigenvalue weighted by atomic mass is 16.3. The van der Waals surface area contributed by atoms with E-state index in [2.05, 4.69) is 23.2 Å². The Morgan fingerprint density at radius 1 is 1.56 bits per heavy atom. The molecule has 1 saturated heterocycles. The Morgan fingerprint density at radius 2 is 2.44 bits per heavy atom. The lowest BCUT2D eigenvalue weighted by Gasteiger charge is -2.21. The molecule has 0 spiro atoms. The molecule has 1 aromatic heterocycles. The molecule has 0 aromatic carbocycles. The van der Waals surface area contributed by atoms with Crippen LogP contribution in [0, 0.1) is 0 Å². The third-order valence-corrected chi connectivity index (χ3v) is 3.42. The highest BCUT2D eigenvalue weighted by Gasteiger charge is 2.23. The summed E-state index contributed by atoms with van der Waals surface area (Å²) in [7, 11) is 1.96. The van der Waals surface area contributed by atoms with E-state index in [4.69, 9.17) is 4.42 Å². The van der Waals surface area contributed by atoms with Gasteiger partial charge in [0.2, 0.25) is 0 Å². The Bertz CT molecular complexity index is 321. The Balaban J connectivity index is 1.92. The quantitative estimate of drug-likeness (QED) is 0.829. The van der Waals surface area contributed by atoms with E-state index in [-0.39, 0.29) is 0 Å². The van der Waals surface area contributed by atoms with E-state index in [1.165, 1.54) is 31.4 Å².